The van der Waals surface area contributed by atoms with Crippen LogP contribution in [0.15, 0.2) is 28.0 Å². The van der Waals surface area contributed by atoms with Gasteiger partial charge in [-0.3, -0.25) is 14.2 Å². The Bertz CT molecular complexity index is 971. The third-order valence-corrected chi connectivity index (χ3v) is 3.98. The van der Waals surface area contributed by atoms with Gasteiger partial charge in [-0.1, -0.05) is 0 Å². The number of nitrogens with zero attached hydrogens (tertiary/aromatic N) is 5. The fourth-order valence-corrected chi connectivity index (χ4v) is 2.60. The van der Waals surface area contributed by atoms with E-state index in [0.717, 1.165) is 17.4 Å². The van der Waals surface area contributed by atoms with Crippen molar-refractivity contribution in [2.24, 2.45) is 0 Å². The maximum atomic E-state index is 12.5. The van der Waals surface area contributed by atoms with Crippen LogP contribution >= 0.6 is 0 Å². The number of nitriles is 1. The predicted octanol–water partition coefficient (Wildman–Crippen LogP) is 0.633. The molecule has 130 valence electrons. The zero-order chi connectivity index (χ0) is 18.1. The van der Waals surface area contributed by atoms with Gasteiger partial charge in [0.2, 0.25) is 5.91 Å². The van der Waals surface area contributed by atoms with E-state index in [0.29, 0.717) is 5.82 Å². The zero-order valence-electron chi connectivity index (χ0n) is 14.0. The van der Waals surface area contributed by atoms with Crippen LogP contribution in [0.25, 0.3) is 0 Å². The molecule has 0 spiro atoms. The number of hydrogen-bond acceptors (Lipinski definition) is 5. The van der Waals surface area contributed by atoms with E-state index in [1.54, 1.807) is 23.0 Å². The maximum absolute atomic E-state index is 12.5. The van der Waals surface area contributed by atoms with E-state index < -0.39 is 23.7 Å². The molecule has 3 rings (SSSR count). The highest BCUT2D eigenvalue weighted by molar-refractivity contribution is 5.89. The van der Waals surface area contributed by atoms with Crippen molar-refractivity contribution < 1.29 is 4.79 Å². The smallest absolute Gasteiger partial charge is 0.309 e. The summed E-state index contributed by atoms with van der Waals surface area (Å²) in [6.45, 7) is 3.37. The molecule has 0 atom stereocenters. The first-order valence-electron chi connectivity index (χ1n) is 8.01. The molecule has 25 heavy (non-hydrogen) atoms. The Hall–Kier alpha value is -3.15. The lowest BCUT2D eigenvalue weighted by atomic mass is 10.3. The second-order valence-corrected chi connectivity index (χ2v) is 6.27. The molecule has 2 heterocycles. The normalized spacial score (nSPS) is 13.7. The molecule has 0 unspecified atom stereocenters. The Morgan fingerprint density at radius 3 is 2.76 bits per heavy atom. The summed E-state index contributed by atoms with van der Waals surface area (Å²) in [5, 5.41) is 15.9. The predicted molar refractivity (Wildman–Crippen MR) is 89.2 cm³/mol. The van der Waals surface area contributed by atoms with Gasteiger partial charge in [0.05, 0.1) is 6.20 Å². The summed E-state index contributed by atoms with van der Waals surface area (Å²) in [6.07, 6.45) is 4.48. The molecule has 1 aliphatic rings. The quantitative estimate of drug-likeness (QED) is 0.856. The summed E-state index contributed by atoms with van der Waals surface area (Å²) in [7, 11) is 0. The van der Waals surface area contributed by atoms with Gasteiger partial charge in [0, 0.05) is 24.3 Å². The Kier molecular flexibility index (Phi) is 4.27. The molecule has 1 aliphatic carbocycles. The SMILES string of the molecule is CC(C)n1nccc1NC(=O)Cn1c(=O)c(C#N)cn(C2CC2)c1=O. The van der Waals surface area contributed by atoms with Gasteiger partial charge < -0.3 is 5.32 Å². The van der Waals surface area contributed by atoms with Crippen molar-refractivity contribution in [2.75, 3.05) is 5.32 Å². The van der Waals surface area contributed by atoms with Gasteiger partial charge in [0.15, 0.2) is 0 Å². The molecule has 1 saturated carbocycles. The van der Waals surface area contributed by atoms with Crippen LogP contribution in [0.2, 0.25) is 0 Å². The van der Waals surface area contributed by atoms with Gasteiger partial charge in [-0.25, -0.2) is 14.0 Å². The van der Waals surface area contributed by atoms with E-state index in [2.05, 4.69) is 10.4 Å². The van der Waals surface area contributed by atoms with Crippen LogP contribution in [-0.2, 0) is 11.3 Å². The van der Waals surface area contributed by atoms with Crippen LogP contribution in [0.5, 0.6) is 0 Å². The number of hydrogen-bond donors (Lipinski definition) is 1. The molecule has 1 amide bonds. The molecular weight excluding hydrogens is 324 g/mol. The second kappa shape index (κ2) is 6.39. The lowest BCUT2D eigenvalue weighted by Crippen LogP contribution is -2.43. The van der Waals surface area contributed by atoms with Crippen molar-refractivity contribution in [3.8, 4) is 6.07 Å². The molecular formula is C16H18N6O3. The third kappa shape index (κ3) is 3.24. The van der Waals surface area contributed by atoms with Crippen molar-refractivity contribution in [2.45, 2.75) is 45.3 Å². The Balaban J connectivity index is 1.90. The largest absolute Gasteiger partial charge is 0.331 e. The maximum Gasteiger partial charge on any atom is 0.331 e. The summed E-state index contributed by atoms with van der Waals surface area (Å²) in [5.74, 6) is -0.0500. The van der Waals surface area contributed by atoms with Crippen molar-refractivity contribution in [3.05, 3.63) is 44.9 Å². The Morgan fingerprint density at radius 2 is 2.16 bits per heavy atom. The first-order valence-corrected chi connectivity index (χ1v) is 8.01. The first kappa shape index (κ1) is 16.7. The van der Waals surface area contributed by atoms with Crippen LogP contribution < -0.4 is 16.6 Å². The van der Waals surface area contributed by atoms with Crippen molar-refractivity contribution in [3.63, 3.8) is 0 Å². The van der Waals surface area contributed by atoms with E-state index in [9.17, 15) is 14.4 Å². The molecule has 0 aliphatic heterocycles. The molecule has 9 nitrogen and oxygen atoms in total. The third-order valence-electron chi connectivity index (χ3n) is 3.98. The summed E-state index contributed by atoms with van der Waals surface area (Å²) < 4.78 is 3.79. The number of aromatic nitrogens is 4. The van der Waals surface area contributed by atoms with Crippen LogP contribution in [0, 0.1) is 11.3 Å². The topological polar surface area (TPSA) is 115 Å². The fourth-order valence-electron chi connectivity index (χ4n) is 2.60. The number of carbonyl (C=O) groups excluding carboxylic acids is 1. The van der Waals surface area contributed by atoms with Crippen LogP contribution in [0.3, 0.4) is 0 Å². The molecule has 1 N–H and O–H groups in total. The van der Waals surface area contributed by atoms with Crippen LogP contribution in [-0.4, -0.2) is 24.8 Å². The van der Waals surface area contributed by atoms with Gasteiger partial charge in [-0.15, -0.1) is 0 Å². The van der Waals surface area contributed by atoms with E-state index in [1.807, 2.05) is 13.8 Å². The van der Waals surface area contributed by atoms with Crippen molar-refractivity contribution >= 4 is 11.7 Å². The minimum absolute atomic E-state index is 0.00289. The first-order chi connectivity index (χ1) is 11.9. The zero-order valence-corrected chi connectivity index (χ0v) is 14.0. The van der Waals surface area contributed by atoms with Gasteiger partial charge >= 0.3 is 5.69 Å². The van der Waals surface area contributed by atoms with E-state index in [-0.39, 0.29) is 17.6 Å². The van der Waals surface area contributed by atoms with Crippen molar-refractivity contribution in [1.29, 1.82) is 5.26 Å². The average Bonchev–Trinajstić information content (AvgIpc) is 3.30. The van der Waals surface area contributed by atoms with Gasteiger partial charge in [-0.05, 0) is 26.7 Å². The number of carbonyl (C=O) groups is 1. The molecule has 9 heteroatoms. The number of nitrogens with one attached hydrogen (secondary N) is 1. The molecule has 2 aromatic rings. The fraction of sp³-hybridized carbons (Fsp3) is 0.438. The van der Waals surface area contributed by atoms with Crippen LogP contribution in [0.1, 0.15) is 44.3 Å². The number of rotatable bonds is 5. The van der Waals surface area contributed by atoms with Crippen LogP contribution in [0.4, 0.5) is 5.82 Å². The van der Waals surface area contributed by atoms with Gasteiger partial charge in [0.1, 0.15) is 24.0 Å². The van der Waals surface area contributed by atoms with E-state index >= 15 is 0 Å². The minimum atomic E-state index is -0.753. The lowest BCUT2D eigenvalue weighted by Gasteiger charge is -2.13. The van der Waals surface area contributed by atoms with Crippen molar-refractivity contribution in [1.82, 2.24) is 18.9 Å². The average molecular weight is 342 g/mol. The molecule has 0 radical (unpaired) electrons. The number of anilines is 1. The van der Waals surface area contributed by atoms with E-state index in [4.69, 9.17) is 5.26 Å². The summed E-state index contributed by atoms with van der Waals surface area (Å²) >= 11 is 0. The summed E-state index contributed by atoms with van der Waals surface area (Å²) in [6, 6.07) is 3.46. The highest BCUT2D eigenvalue weighted by atomic mass is 16.2. The Morgan fingerprint density at radius 1 is 1.44 bits per heavy atom. The molecule has 0 bridgehead atoms. The second-order valence-electron chi connectivity index (χ2n) is 6.27. The highest BCUT2D eigenvalue weighted by Crippen LogP contribution is 2.33. The molecule has 2 aromatic heterocycles. The minimum Gasteiger partial charge on any atom is -0.309 e. The number of amides is 1. The summed E-state index contributed by atoms with van der Waals surface area (Å²) in [4.78, 5) is 37.0. The van der Waals surface area contributed by atoms with E-state index in [1.165, 1.54) is 10.8 Å². The van der Waals surface area contributed by atoms with Gasteiger partial charge in [0.25, 0.3) is 5.56 Å². The molecule has 1 fully saturated rings. The van der Waals surface area contributed by atoms with Gasteiger partial charge in [-0.2, -0.15) is 10.4 Å². The monoisotopic (exact) mass is 342 g/mol. The lowest BCUT2D eigenvalue weighted by molar-refractivity contribution is -0.116. The highest BCUT2D eigenvalue weighted by Gasteiger charge is 2.27. The molecule has 0 saturated heterocycles. The molecule has 0 aromatic carbocycles. The summed E-state index contributed by atoms with van der Waals surface area (Å²) in [5.41, 5.74) is -1.47. The standard InChI is InChI=1S/C16H18N6O3/c1-10(2)22-13(5-6-18-22)19-14(23)9-21-15(24)11(7-17)8-20(16(21)25)12-3-4-12/h5-6,8,10,12H,3-4,9H2,1-2H3,(H,19,23). The Labute approximate surface area is 143 Å².